The molecule has 2 aliphatic rings. The van der Waals surface area contributed by atoms with Crippen LogP contribution in [0.5, 0.6) is 11.5 Å². The standard InChI is InChI=1S/C37H36F3N7O4/c1-50-32-10-3-2-9-27(32)29-21-28(24-6-5-13-46(23-24)33(48)11-14-47-15-12-41-43-47)34(38)35-30(29)22-31(42-35)36(49)45-18-16-44(17-19-45)25-7-4-8-26(20-25)51-37(39)40/h2-4,6-10,12,15,20-22,37,42H,5,11,13-14,16-19,23H2,1H3. The average Bonchev–Trinajstić information content (AvgIpc) is 3.85. The van der Waals surface area contributed by atoms with Crippen LogP contribution in [0, 0.1) is 5.82 Å². The van der Waals surface area contributed by atoms with E-state index in [1.807, 2.05) is 41.3 Å². The van der Waals surface area contributed by atoms with Crippen molar-refractivity contribution in [2.24, 2.45) is 0 Å². The van der Waals surface area contributed by atoms with E-state index in [2.05, 4.69) is 20.0 Å². The highest BCUT2D eigenvalue weighted by molar-refractivity contribution is 6.05. The van der Waals surface area contributed by atoms with E-state index >= 15 is 4.39 Å². The number of nitrogens with one attached hydrogen (secondary N) is 1. The summed E-state index contributed by atoms with van der Waals surface area (Å²) in [6.07, 6.45) is 6.02. The van der Waals surface area contributed by atoms with Gasteiger partial charge >= 0.3 is 6.61 Å². The molecule has 1 saturated heterocycles. The molecule has 264 valence electrons. The average molecular weight is 700 g/mol. The number of halogens is 3. The van der Waals surface area contributed by atoms with Gasteiger partial charge in [0.1, 0.15) is 17.2 Å². The topological polar surface area (TPSA) is 109 Å². The quantitative estimate of drug-likeness (QED) is 0.195. The molecule has 3 aromatic carbocycles. The molecule has 0 aliphatic carbocycles. The fourth-order valence-corrected chi connectivity index (χ4v) is 6.77. The SMILES string of the molecule is COc1ccccc1-c1cc(C2=CCCN(C(=O)CCn3ccnn3)C2)c(F)c2[nH]c(C(=O)N3CCN(c4cccc(OC(F)F)c4)CC3)cc12. The number of aryl methyl sites for hydroxylation is 1. The van der Waals surface area contributed by atoms with Crippen LogP contribution < -0.4 is 14.4 Å². The maximum atomic E-state index is 16.6. The van der Waals surface area contributed by atoms with Gasteiger partial charge in [-0.05, 0) is 47.9 Å². The third kappa shape index (κ3) is 7.12. The number of aromatic nitrogens is 4. The van der Waals surface area contributed by atoms with Crippen molar-refractivity contribution in [2.45, 2.75) is 26.0 Å². The lowest BCUT2D eigenvalue weighted by Gasteiger charge is -2.36. The summed E-state index contributed by atoms with van der Waals surface area (Å²) in [7, 11) is 1.57. The Morgan fingerprint density at radius 1 is 0.941 bits per heavy atom. The Morgan fingerprint density at radius 2 is 1.76 bits per heavy atom. The Bertz CT molecular complexity index is 2070. The van der Waals surface area contributed by atoms with E-state index in [0.717, 1.165) is 11.3 Å². The highest BCUT2D eigenvalue weighted by atomic mass is 19.3. The Labute approximate surface area is 291 Å². The molecular formula is C37H36F3N7O4. The number of amides is 2. The van der Waals surface area contributed by atoms with Crippen molar-refractivity contribution in [1.29, 1.82) is 0 Å². The number of rotatable bonds is 10. The van der Waals surface area contributed by atoms with Crippen LogP contribution >= 0.6 is 0 Å². The lowest BCUT2D eigenvalue weighted by molar-refractivity contribution is -0.131. The molecule has 2 aliphatic heterocycles. The van der Waals surface area contributed by atoms with E-state index in [9.17, 15) is 18.4 Å². The molecule has 0 saturated carbocycles. The van der Waals surface area contributed by atoms with Gasteiger partial charge in [-0.25, -0.2) is 4.39 Å². The smallest absolute Gasteiger partial charge is 0.387 e. The largest absolute Gasteiger partial charge is 0.496 e. The van der Waals surface area contributed by atoms with Crippen LogP contribution in [0.15, 0.2) is 79.1 Å². The van der Waals surface area contributed by atoms with Crippen LogP contribution in [0.1, 0.15) is 28.9 Å². The van der Waals surface area contributed by atoms with Gasteiger partial charge in [-0.3, -0.25) is 14.3 Å². The number of carbonyl (C=O) groups is 2. The molecule has 2 amide bonds. The summed E-state index contributed by atoms with van der Waals surface area (Å²) in [4.78, 5) is 35.6. The molecule has 14 heteroatoms. The highest BCUT2D eigenvalue weighted by Crippen LogP contribution is 2.40. The Hall–Kier alpha value is -5.79. The zero-order valence-corrected chi connectivity index (χ0v) is 27.9. The van der Waals surface area contributed by atoms with Gasteiger partial charge in [-0.1, -0.05) is 35.6 Å². The van der Waals surface area contributed by atoms with Crippen LogP contribution in [-0.4, -0.2) is 94.6 Å². The number of alkyl halides is 2. The normalized spacial score (nSPS) is 15.0. The van der Waals surface area contributed by atoms with Crippen LogP contribution in [0.25, 0.3) is 27.6 Å². The van der Waals surface area contributed by atoms with Gasteiger partial charge in [0.25, 0.3) is 5.91 Å². The first-order valence-corrected chi connectivity index (χ1v) is 16.7. The number of ether oxygens (including phenoxy) is 2. The first-order chi connectivity index (χ1) is 24.8. The molecule has 51 heavy (non-hydrogen) atoms. The zero-order valence-electron chi connectivity index (χ0n) is 27.9. The predicted molar refractivity (Wildman–Crippen MR) is 185 cm³/mol. The number of para-hydroxylation sites is 1. The van der Waals surface area contributed by atoms with Crippen molar-refractivity contribution in [3.63, 3.8) is 0 Å². The van der Waals surface area contributed by atoms with Crippen molar-refractivity contribution in [2.75, 3.05) is 51.3 Å². The lowest BCUT2D eigenvalue weighted by atomic mass is 9.93. The fraction of sp³-hybridized carbons (Fsp3) is 0.297. The van der Waals surface area contributed by atoms with Crippen LogP contribution in [0.3, 0.4) is 0 Å². The minimum atomic E-state index is -2.92. The number of H-pyrrole nitrogens is 1. The van der Waals surface area contributed by atoms with Crippen molar-refractivity contribution in [3.8, 4) is 22.6 Å². The van der Waals surface area contributed by atoms with Gasteiger partial charge in [-0.2, -0.15) is 8.78 Å². The number of methoxy groups -OCH3 is 1. The lowest BCUT2D eigenvalue weighted by Crippen LogP contribution is -2.48. The Balaban J connectivity index is 1.16. The number of fused-ring (bicyclic) bond motifs is 1. The Kier molecular flexibility index (Phi) is 9.64. The second kappa shape index (κ2) is 14.6. The third-order valence-electron chi connectivity index (χ3n) is 9.33. The Morgan fingerprint density at radius 3 is 2.53 bits per heavy atom. The second-order valence-corrected chi connectivity index (χ2v) is 12.4. The molecular weight excluding hydrogens is 663 g/mol. The molecule has 11 nitrogen and oxygen atoms in total. The molecule has 0 bridgehead atoms. The van der Waals surface area contributed by atoms with Gasteiger partial charge in [0, 0.05) is 80.2 Å². The summed E-state index contributed by atoms with van der Waals surface area (Å²) < 4.78 is 54.0. The summed E-state index contributed by atoms with van der Waals surface area (Å²) in [6, 6.07) is 17.4. The van der Waals surface area contributed by atoms with E-state index < -0.39 is 12.4 Å². The maximum absolute atomic E-state index is 16.6. The summed E-state index contributed by atoms with van der Waals surface area (Å²) in [5.41, 5.74) is 3.56. The van der Waals surface area contributed by atoms with E-state index in [-0.39, 0.29) is 41.7 Å². The number of anilines is 1. The van der Waals surface area contributed by atoms with E-state index in [1.54, 1.807) is 58.3 Å². The molecule has 0 radical (unpaired) electrons. The van der Waals surface area contributed by atoms with Crippen LogP contribution in [-0.2, 0) is 11.3 Å². The molecule has 2 aromatic heterocycles. The van der Waals surface area contributed by atoms with Gasteiger partial charge in [0.15, 0.2) is 5.82 Å². The minimum absolute atomic E-state index is 0.0652. The van der Waals surface area contributed by atoms with Crippen molar-refractivity contribution < 1.29 is 32.2 Å². The molecule has 5 aromatic rings. The van der Waals surface area contributed by atoms with E-state index in [4.69, 9.17) is 4.74 Å². The summed E-state index contributed by atoms with van der Waals surface area (Å²) >= 11 is 0. The zero-order chi connectivity index (χ0) is 35.5. The molecule has 0 atom stereocenters. The molecule has 1 fully saturated rings. The maximum Gasteiger partial charge on any atom is 0.387 e. The molecule has 0 unspecified atom stereocenters. The number of hydrogen-bond donors (Lipinski definition) is 1. The van der Waals surface area contributed by atoms with Gasteiger partial charge in [0.05, 0.1) is 25.4 Å². The van der Waals surface area contributed by atoms with Crippen LogP contribution in [0.2, 0.25) is 0 Å². The predicted octanol–water partition coefficient (Wildman–Crippen LogP) is 5.84. The summed E-state index contributed by atoms with van der Waals surface area (Å²) in [6.45, 7) is -0.0946. The molecule has 1 N–H and O–H groups in total. The van der Waals surface area contributed by atoms with Gasteiger partial charge in [0.2, 0.25) is 5.91 Å². The van der Waals surface area contributed by atoms with E-state index in [1.165, 1.54) is 6.07 Å². The molecule has 4 heterocycles. The van der Waals surface area contributed by atoms with Crippen molar-refractivity contribution in [1.82, 2.24) is 29.8 Å². The molecule has 0 spiro atoms. The summed E-state index contributed by atoms with van der Waals surface area (Å²) in [5, 5.41) is 8.23. The first kappa shape index (κ1) is 33.7. The number of aromatic amines is 1. The van der Waals surface area contributed by atoms with Gasteiger partial charge in [-0.15, -0.1) is 5.10 Å². The fourth-order valence-electron chi connectivity index (χ4n) is 6.77. The van der Waals surface area contributed by atoms with Crippen LogP contribution in [0.4, 0.5) is 18.9 Å². The van der Waals surface area contributed by atoms with Crippen molar-refractivity contribution >= 4 is 34.0 Å². The number of benzene rings is 3. The molecule has 7 rings (SSSR count). The number of nitrogens with zero attached hydrogens (tertiary/aromatic N) is 6. The van der Waals surface area contributed by atoms with E-state index in [0.29, 0.717) is 73.5 Å². The number of piperazine rings is 1. The minimum Gasteiger partial charge on any atom is -0.496 e. The van der Waals surface area contributed by atoms with Crippen molar-refractivity contribution in [3.05, 3.63) is 96.2 Å². The first-order valence-electron chi connectivity index (χ1n) is 16.7. The highest BCUT2D eigenvalue weighted by Gasteiger charge is 2.28. The summed E-state index contributed by atoms with van der Waals surface area (Å²) in [5.74, 6) is -0.204. The number of hydrogen-bond acceptors (Lipinski definition) is 7. The van der Waals surface area contributed by atoms with Gasteiger partial charge < -0.3 is 29.2 Å². The second-order valence-electron chi connectivity index (χ2n) is 12.4. The third-order valence-corrected chi connectivity index (χ3v) is 9.33. The number of carbonyl (C=O) groups excluding carboxylic acids is 2. The monoisotopic (exact) mass is 699 g/mol.